The molecule has 1 amide bonds. The largest absolute Gasteiger partial charge is 0.368 e. The molecule has 3 nitrogen and oxygen atoms in total. The zero-order valence-electron chi connectivity index (χ0n) is 10.7. The van der Waals surface area contributed by atoms with Gasteiger partial charge in [0.2, 0.25) is 5.91 Å². The second-order valence-corrected chi connectivity index (χ2v) is 5.07. The zero-order chi connectivity index (χ0) is 12.6. The molecule has 0 aliphatic heterocycles. The van der Waals surface area contributed by atoms with Gasteiger partial charge >= 0.3 is 0 Å². The summed E-state index contributed by atoms with van der Waals surface area (Å²) in [5, 5.41) is 3.32. The smallest absolute Gasteiger partial charge is 0.239 e. The lowest BCUT2D eigenvalue weighted by Gasteiger charge is -2.19. The molecular formula is C14H20N2O. The van der Waals surface area contributed by atoms with Gasteiger partial charge in [0, 0.05) is 6.04 Å². The van der Waals surface area contributed by atoms with E-state index in [9.17, 15) is 4.79 Å². The maximum atomic E-state index is 11.6. The van der Waals surface area contributed by atoms with Crippen molar-refractivity contribution in [1.29, 1.82) is 0 Å². The summed E-state index contributed by atoms with van der Waals surface area (Å²) >= 11 is 0. The second kappa shape index (κ2) is 4.49. The van der Waals surface area contributed by atoms with Crippen LogP contribution in [0, 0.1) is 20.8 Å². The van der Waals surface area contributed by atoms with Crippen molar-refractivity contribution < 1.29 is 4.79 Å². The Morgan fingerprint density at radius 2 is 1.82 bits per heavy atom. The maximum absolute atomic E-state index is 11.6. The van der Waals surface area contributed by atoms with Gasteiger partial charge < -0.3 is 5.73 Å². The van der Waals surface area contributed by atoms with Crippen LogP contribution in [0.3, 0.4) is 0 Å². The summed E-state index contributed by atoms with van der Waals surface area (Å²) in [4.78, 5) is 11.6. The SMILES string of the molecule is Cc1cc(C)c(C(NC2CC2)C(N)=O)cc1C. The number of amides is 1. The Labute approximate surface area is 102 Å². The first-order valence-corrected chi connectivity index (χ1v) is 6.12. The molecule has 3 N–H and O–H groups in total. The van der Waals surface area contributed by atoms with E-state index in [1.807, 2.05) is 6.92 Å². The molecule has 1 atom stereocenters. The van der Waals surface area contributed by atoms with E-state index < -0.39 is 0 Å². The van der Waals surface area contributed by atoms with Gasteiger partial charge in [-0.25, -0.2) is 0 Å². The number of rotatable bonds is 4. The van der Waals surface area contributed by atoms with Crippen LogP contribution in [-0.4, -0.2) is 11.9 Å². The first-order valence-electron chi connectivity index (χ1n) is 6.12. The predicted molar refractivity (Wildman–Crippen MR) is 68.7 cm³/mol. The molecule has 1 saturated carbocycles. The van der Waals surface area contributed by atoms with E-state index in [1.54, 1.807) is 0 Å². The lowest BCUT2D eigenvalue weighted by atomic mass is 9.95. The van der Waals surface area contributed by atoms with Gasteiger partial charge in [0.05, 0.1) is 0 Å². The van der Waals surface area contributed by atoms with Gasteiger partial charge in [0.25, 0.3) is 0 Å². The van der Waals surface area contributed by atoms with E-state index in [4.69, 9.17) is 5.73 Å². The molecule has 0 bridgehead atoms. The fourth-order valence-electron chi connectivity index (χ4n) is 2.10. The average Bonchev–Trinajstić information content (AvgIpc) is 3.04. The molecule has 0 aromatic heterocycles. The minimum Gasteiger partial charge on any atom is -0.368 e. The third-order valence-electron chi connectivity index (χ3n) is 3.46. The van der Waals surface area contributed by atoms with Crippen molar-refractivity contribution >= 4 is 5.91 Å². The molecule has 0 heterocycles. The number of carbonyl (C=O) groups excluding carboxylic acids is 1. The number of benzene rings is 1. The standard InChI is InChI=1S/C14H20N2O/c1-8-6-10(3)12(7-9(8)2)13(14(15)17)16-11-4-5-11/h6-7,11,13,16H,4-5H2,1-3H3,(H2,15,17). The minimum atomic E-state index is -0.346. The predicted octanol–water partition coefficient (Wildman–Crippen LogP) is 1.89. The van der Waals surface area contributed by atoms with Crippen LogP contribution < -0.4 is 11.1 Å². The second-order valence-electron chi connectivity index (χ2n) is 5.07. The molecule has 1 aliphatic rings. The molecule has 1 unspecified atom stereocenters. The molecular weight excluding hydrogens is 212 g/mol. The summed E-state index contributed by atoms with van der Waals surface area (Å²) in [6, 6.07) is 4.32. The zero-order valence-corrected chi connectivity index (χ0v) is 10.7. The van der Waals surface area contributed by atoms with Crippen LogP contribution in [-0.2, 0) is 4.79 Å². The highest BCUT2D eigenvalue weighted by atomic mass is 16.1. The quantitative estimate of drug-likeness (QED) is 0.833. The summed E-state index contributed by atoms with van der Waals surface area (Å²) in [6.07, 6.45) is 2.29. The number of carbonyl (C=O) groups is 1. The molecule has 1 aromatic rings. The monoisotopic (exact) mass is 232 g/mol. The highest BCUT2D eigenvalue weighted by Gasteiger charge is 2.29. The third-order valence-corrected chi connectivity index (χ3v) is 3.46. The Hall–Kier alpha value is -1.35. The van der Waals surface area contributed by atoms with Crippen molar-refractivity contribution in [1.82, 2.24) is 5.32 Å². The summed E-state index contributed by atoms with van der Waals surface area (Å²) in [7, 11) is 0. The molecule has 0 radical (unpaired) electrons. The number of hydrogen-bond donors (Lipinski definition) is 2. The number of hydrogen-bond acceptors (Lipinski definition) is 2. The van der Waals surface area contributed by atoms with Crippen molar-refractivity contribution in [2.75, 3.05) is 0 Å². The molecule has 0 spiro atoms. The normalized spacial score (nSPS) is 16.9. The van der Waals surface area contributed by atoms with E-state index >= 15 is 0 Å². The summed E-state index contributed by atoms with van der Waals surface area (Å²) in [5.41, 5.74) is 10.1. The van der Waals surface area contributed by atoms with Gasteiger partial charge in [-0.15, -0.1) is 0 Å². The van der Waals surface area contributed by atoms with Gasteiger partial charge in [-0.05, 0) is 55.9 Å². The van der Waals surface area contributed by atoms with Crippen LogP contribution >= 0.6 is 0 Å². The van der Waals surface area contributed by atoms with E-state index in [0.717, 1.165) is 24.0 Å². The molecule has 3 heteroatoms. The van der Waals surface area contributed by atoms with E-state index in [1.165, 1.54) is 11.1 Å². The lowest BCUT2D eigenvalue weighted by Crippen LogP contribution is -2.35. The summed E-state index contributed by atoms with van der Waals surface area (Å²) in [6.45, 7) is 6.18. The molecule has 92 valence electrons. The Morgan fingerprint density at radius 1 is 1.24 bits per heavy atom. The van der Waals surface area contributed by atoms with Gasteiger partial charge in [-0.3, -0.25) is 10.1 Å². The summed E-state index contributed by atoms with van der Waals surface area (Å²) < 4.78 is 0. The van der Waals surface area contributed by atoms with Crippen molar-refractivity contribution in [2.24, 2.45) is 5.73 Å². The van der Waals surface area contributed by atoms with Gasteiger partial charge in [0.1, 0.15) is 6.04 Å². The van der Waals surface area contributed by atoms with Crippen LogP contribution in [0.15, 0.2) is 12.1 Å². The highest BCUT2D eigenvalue weighted by molar-refractivity contribution is 5.82. The van der Waals surface area contributed by atoms with Gasteiger partial charge in [-0.1, -0.05) is 12.1 Å². The van der Waals surface area contributed by atoms with Crippen molar-refractivity contribution in [3.05, 3.63) is 34.4 Å². The lowest BCUT2D eigenvalue weighted by molar-refractivity contribution is -0.120. The van der Waals surface area contributed by atoms with Crippen LogP contribution in [0.2, 0.25) is 0 Å². The Kier molecular flexibility index (Phi) is 3.20. The minimum absolute atomic E-state index is 0.289. The fourth-order valence-corrected chi connectivity index (χ4v) is 2.10. The topological polar surface area (TPSA) is 55.1 Å². The van der Waals surface area contributed by atoms with E-state index in [0.29, 0.717) is 6.04 Å². The third kappa shape index (κ3) is 2.67. The summed E-state index contributed by atoms with van der Waals surface area (Å²) in [5.74, 6) is -0.289. The van der Waals surface area contributed by atoms with E-state index in [2.05, 4.69) is 31.3 Å². The number of primary amides is 1. The van der Waals surface area contributed by atoms with Crippen LogP contribution in [0.25, 0.3) is 0 Å². The van der Waals surface area contributed by atoms with Crippen LogP contribution in [0.5, 0.6) is 0 Å². The van der Waals surface area contributed by atoms with Crippen molar-refractivity contribution in [3.8, 4) is 0 Å². The maximum Gasteiger partial charge on any atom is 0.239 e. The van der Waals surface area contributed by atoms with Gasteiger partial charge in [0.15, 0.2) is 0 Å². The molecule has 1 aromatic carbocycles. The Bertz CT molecular complexity index is 450. The highest BCUT2D eigenvalue weighted by Crippen LogP contribution is 2.27. The fraction of sp³-hybridized carbons (Fsp3) is 0.500. The first-order chi connectivity index (χ1) is 7.99. The number of nitrogens with two attached hydrogens (primary N) is 1. The Balaban J connectivity index is 2.34. The van der Waals surface area contributed by atoms with E-state index in [-0.39, 0.29) is 11.9 Å². The first kappa shape index (κ1) is 12.1. The molecule has 1 fully saturated rings. The van der Waals surface area contributed by atoms with Crippen LogP contribution in [0.4, 0.5) is 0 Å². The van der Waals surface area contributed by atoms with Crippen molar-refractivity contribution in [2.45, 2.75) is 45.7 Å². The molecule has 17 heavy (non-hydrogen) atoms. The molecule has 2 rings (SSSR count). The van der Waals surface area contributed by atoms with Crippen molar-refractivity contribution in [3.63, 3.8) is 0 Å². The number of nitrogens with one attached hydrogen (secondary N) is 1. The number of aryl methyl sites for hydroxylation is 3. The molecule has 1 aliphatic carbocycles. The molecule has 0 saturated heterocycles. The average molecular weight is 232 g/mol. The van der Waals surface area contributed by atoms with Crippen LogP contribution in [0.1, 0.15) is 41.1 Å². The van der Waals surface area contributed by atoms with Gasteiger partial charge in [-0.2, -0.15) is 0 Å². The Morgan fingerprint density at radius 3 is 2.35 bits per heavy atom.